The number of benzene rings is 2. The number of piperazine rings is 1. The van der Waals surface area contributed by atoms with E-state index in [2.05, 4.69) is 43.0 Å². The van der Waals surface area contributed by atoms with Gasteiger partial charge in [0.05, 0.1) is 10.5 Å². The fourth-order valence-corrected chi connectivity index (χ4v) is 4.88. The molecule has 0 amide bonds. The molecule has 0 saturated carbocycles. The van der Waals surface area contributed by atoms with Gasteiger partial charge in [0.25, 0.3) is 0 Å². The van der Waals surface area contributed by atoms with Crippen molar-refractivity contribution < 1.29 is 8.42 Å². The van der Waals surface area contributed by atoms with Gasteiger partial charge in [-0.25, -0.2) is 8.42 Å². The molecule has 0 aliphatic carbocycles. The van der Waals surface area contributed by atoms with E-state index in [0.717, 1.165) is 6.54 Å². The second-order valence-corrected chi connectivity index (χ2v) is 9.09. The third-order valence-electron chi connectivity index (χ3n) is 5.01. The highest BCUT2D eigenvalue weighted by Crippen LogP contribution is 2.22. The Morgan fingerprint density at radius 2 is 1.63 bits per heavy atom. The Morgan fingerprint density at radius 1 is 1.00 bits per heavy atom. The standard InChI is InChI=1S/C21H25N3O2S/c1-17(2)19-9-7-18(8-10-19)16-23-11-13-24(14-12-23)27(25,26)21-6-4-3-5-20(21)15-22/h3-10,17H,11-14,16H2,1-2H3. The minimum Gasteiger partial charge on any atom is -0.296 e. The third-order valence-corrected chi connectivity index (χ3v) is 6.97. The Morgan fingerprint density at radius 3 is 2.22 bits per heavy atom. The van der Waals surface area contributed by atoms with Crippen LogP contribution >= 0.6 is 0 Å². The summed E-state index contributed by atoms with van der Waals surface area (Å²) in [7, 11) is -3.63. The number of rotatable bonds is 5. The van der Waals surface area contributed by atoms with Gasteiger partial charge in [0, 0.05) is 32.7 Å². The summed E-state index contributed by atoms with van der Waals surface area (Å²) in [4.78, 5) is 2.37. The van der Waals surface area contributed by atoms with Gasteiger partial charge in [0.1, 0.15) is 6.07 Å². The van der Waals surface area contributed by atoms with E-state index in [1.807, 2.05) is 6.07 Å². The van der Waals surface area contributed by atoms with Gasteiger partial charge < -0.3 is 0 Å². The van der Waals surface area contributed by atoms with E-state index in [1.165, 1.54) is 21.5 Å². The van der Waals surface area contributed by atoms with Crippen LogP contribution in [0.3, 0.4) is 0 Å². The van der Waals surface area contributed by atoms with Gasteiger partial charge >= 0.3 is 0 Å². The van der Waals surface area contributed by atoms with Gasteiger partial charge in [0.15, 0.2) is 0 Å². The molecule has 1 fully saturated rings. The van der Waals surface area contributed by atoms with Crippen molar-refractivity contribution in [1.82, 2.24) is 9.21 Å². The summed E-state index contributed by atoms with van der Waals surface area (Å²) >= 11 is 0. The largest absolute Gasteiger partial charge is 0.296 e. The predicted octanol–water partition coefficient (Wildman–Crippen LogP) is 3.19. The lowest BCUT2D eigenvalue weighted by Gasteiger charge is -2.34. The number of hydrogen-bond donors (Lipinski definition) is 0. The third kappa shape index (κ3) is 4.38. The average Bonchev–Trinajstić information content (AvgIpc) is 2.69. The van der Waals surface area contributed by atoms with Crippen molar-refractivity contribution in [3.8, 4) is 6.07 Å². The molecule has 1 heterocycles. The van der Waals surface area contributed by atoms with Crippen LogP contribution in [0.2, 0.25) is 0 Å². The van der Waals surface area contributed by atoms with Crippen molar-refractivity contribution in [3.05, 3.63) is 65.2 Å². The van der Waals surface area contributed by atoms with E-state index in [1.54, 1.807) is 18.2 Å². The van der Waals surface area contributed by atoms with Crippen LogP contribution in [0.4, 0.5) is 0 Å². The smallest absolute Gasteiger partial charge is 0.244 e. The molecule has 5 nitrogen and oxygen atoms in total. The van der Waals surface area contributed by atoms with Gasteiger partial charge in [-0.3, -0.25) is 4.90 Å². The van der Waals surface area contributed by atoms with Gasteiger partial charge in [0.2, 0.25) is 10.0 Å². The number of nitrogens with zero attached hydrogens (tertiary/aromatic N) is 3. The average molecular weight is 384 g/mol. The molecule has 0 aromatic heterocycles. The van der Waals surface area contributed by atoms with E-state index >= 15 is 0 Å². The molecule has 0 bridgehead atoms. The first-order valence-electron chi connectivity index (χ1n) is 9.22. The normalized spacial score (nSPS) is 16.4. The summed E-state index contributed by atoms with van der Waals surface area (Å²) in [6.07, 6.45) is 0. The van der Waals surface area contributed by atoms with Gasteiger partial charge in [-0.1, -0.05) is 50.2 Å². The van der Waals surface area contributed by atoms with Crippen LogP contribution in [0.5, 0.6) is 0 Å². The van der Waals surface area contributed by atoms with Crippen molar-refractivity contribution in [2.24, 2.45) is 0 Å². The quantitative estimate of drug-likeness (QED) is 0.795. The Kier molecular flexibility index (Phi) is 5.95. The SMILES string of the molecule is CC(C)c1ccc(CN2CCN(S(=O)(=O)c3ccccc3C#N)CC2)cc1. The minimum atomic E-state index is -3.63. The van der Waals surface area contributed by atoms with E-state index in [4.69, 9.17) is 0 Å². The van der Waals surface area contributed by atoms with Crippen LogP contribution in [-0.2, 0) is 16.6 Å². The van der Waals surface area contributed by atoms with Crippen LogP contribution in [0.1, 0.15) is 36.5 Å². The van der Waals surface area contributed by atoms with E-state index in [-0.39, 0.29) is 10.5 Å². The van der Waals surface area contributed by atoms with E-state index < -0.39 is 10.0 Å². The first-order chi connectivity index (χ1) is 12.9. The van der Waals surface area contributed by atoms with Crippen molar-refractivity contribution >= 4 is 10.0 Å². The fourth-order valence-electron chi connectivity index (χ4n) is 3.32. The van der Waals surface area contributed by atoms with Crippen molar-refractivity contribution in [2.75, 3.05) is 26.2 Å². The van der Waals surface area contributed by atoms with Crippen LogP contribution < -0.4 is 0 Å². The van der Waals surface area contributed by atoms with Crippen LogP contribution in [0, 0.1) is 11.3 Å². The van der Waals surface area contributed by atoms with Gasteiger partial charge in [-0.05, 0) is 29.2 Å². The number of nitriles is 1. The lowest BCUT2D eigenvalue weighted by molar-refractivity contribution is 0.181. The fraction of sp³-hybridized carbons (Fsp3) is 0.381. The minimum absolute atomic E-state index is 0.102. The molecule has 0 N–H and O–H groups in total. The second-order valence-electron chi connectivity index (χ2n) is 7.18. The highest BCUT2D eigenvalue weighted by Gasteiger charge is 2.30. The highest BCUT2D eigenvalue weighted by atomic mass is 32.2. The maximum atomic E-state index is 12.9. The van der Waals surface area contributed by atoms with Crippen molar-refractivity contribution in [2.45, 2.75) is 31.2 Å². The molecule has 2 aromatic carbocycles. The molecule has 142 valence electrons. The zero-order valence-electron chi connectivity index (χ0n) is 15.8. The zero-order valence-corrected chi connectivity index (χ0v) is 16.6. The summed E-state index contributed by atoms with van der Waals surface area (Å²) in [6.45, 7) is 7.41. The van der Waals surface area contributed by atoms with E-state index in [9.17, 15) is 13.7 Å². The van der Waals surface area contributed by atoms with E-state index in [0.29, 0.717) is 32.1 Å². The highest BCUT2D eigenvalue weighted by molar-refractivity contribution is 7.89. The molecule has 1 saturated heterocycles. The topological polar surface area (TPSA) is 64.4 Å². The predicted molar refractivity (Wildman–Crippen MR) is 106 cm³/mol. The molecule has 0 atom stereocenters. The number of hydrogen-bond acceptors (Lipinski definition) is 4. The van der Waals surface area contributed by atoms with Gasteiger partial charge in [-0.2, -0.15) is 9.57 Å². The first kappa shape index (κ1) is 19.6. The lowest BCUT2D eigenvalue weighted by Crippen LogP contribution is -2.48. The molecule has 2 aromatic rings. The molecule has 0 radical (unpaired) electrons. The summed E-state index contributed by atoms with van der Waals surface area (Å²) in [5.41, 5.74) is 2.77. The summed E-state index contributed by atoms with van der Waals surface area (Å²) < 4.78 is 27.3. The molecular weight excluding hydrogens is 358 g/mol. The first-order valence-corrected chi connectivity index (χ1v) is 10.7. The second kappa shape index (κ2) is 8.22. The maximum absolute atomic E-state index is 12.9. The lowest BCUT2D eigenvalue weighted by atomic mass is 10.0. The molecule has 0 spiro atoms. The Bertz CT molecular complexity index is 923. The summed E-state index contributed by atoms with van der Waals surface area (Å²) in [5, 5.41) is 9.20. The molecule has 0 unspecified atom stereocenters. The Balaban J connectivity index is 1.64. The van der Waals surface area contributed by atoms with Crippen molar-refractivity contribution in [3.63, 3.8) is 0 Å². The van der Waals surface area contributed by atoms with Crippen LogP contribution in [0.25, 0.3) is 0 Å². The monoisotopic (exact) mass is 383 g/mol. The molecule has 1 aliphatic heterocycles. The Hall–Kier alpha value is -2.20. The number of sulfonamides is 1. The molecule has 1 aliphatic rings. The van der Waals surface area contributed by atoms with Gasteiger partial charge in [-0.15, -0.1) is 0 Å². The maximum Gasteiger partial charge on any atom is 0.244 e. The zero-order chi connectivity index (χ0) is 19.4. The molecule has 3 rings (SSSR count). The molecular formula is C21H25N3O2S. The van der Waals surface area contributed by atoms with Crippen molar-refractivity contribution in [1.29, 1.82) is 5.26 Å². The van der Waals surface area contributed by atoms with Crippen LogP contribution in [-0.4, -0.2) is 43.8 Å². The molecule has 6 heteroatoms. The Labute approximate surface area is 161 Å². The van der Waals surface area contributed by atoms with Crippen LogP contribution in [0.15, 0.2) is 53.4 Å². The summed E-state index contributed by atoms with van der Waals surface area (Å²) in [5.74, 6) is 0.518. The molecule has 27 heavy (non-hydrogen) atoms. The summed E-state index contributed by atoms with van der Waals surface area (Å²) in [6, 6.07) is 17.0.